The highest BCUT2D eigenvalue weighted by Crippen LogP contribution is 2.28. The zero-order chi connectivity index (χ0) is 24.2. The number of nitrogens with zero attached hydrogens (tertiary/aromatic N) is 3. The van der Waals surface area contributed by atoms with Gasteiger partial charge in [0.15, 0.2) is 0 Å². The average Bonchev–Trinajstić information content (AvgIpc) is 3.26. The third kappa shape index (κ3) is 5.21. The van der Waals surface area contributed by atoms with Gasteiger partial charge in [0.05, 0.1) is 42.1 Å². The molecule has 2 aromatic carbocycles. The van der Waals surface area contributed by atoms with Gasteiger partial charge in [0.2, 0.25) is 5.91 Å². The summed E-state index contributed by atoms with van der Waals surface area (Å²) in [6, 6.07) is 18.3. The Morgan fingerprint density at radius 1 is 0.971 bits per heavy atom. The van der Waals surface area contributed by atoms with Crippen LogP contribution in [0.2, 0.25) is 0 Å². The van der Waals surface area contributed by atoms with Crippen LogP contribution in [0.1, 0.15) is 16.1 Å². The second-order valence-electron chi connectivity index (χ2n) is 8.34. The molecule has 9 nitrogen and oxygen atoms in total. The normalized spacial score (nSPS) is 14.1. The number of pyridine rings is 1. The number of hydrogen-bond acceptors (Lipinski definition) is 7. The minimum atomic E-state index is -0.301. The van der Waals surface area contributed by atoms with Gasteiger partial charge in [-0.15, -0.1) is 0 Å². The van der Waals surface area contributed by atoms with Gasteiger partial charge in [0.25, 0.3) is 11.6 Å². The average molecular weight is 472 g/mol. The molecule has 1 aliphatic heterocycles. The third-order valence-corrected chi connectivity index (χ3v) is 5.83. The van der Waals surface area contributed by atoms with Crippen LogP contribution in [0.3, 0.4) is 0 Å². The van der Waals surface area contributed by atoms with Crippen LogP contribution in [0.25, 0.3) is 22.4 Å². The maximum Gasteiger partial charge on any atom is 0.259 e. The Balaban J connectivity index is 1.31. The Morgan fingerprint density at radius 2 is 1.66 bits per heavy atom. The molecule has 1 saturated heterocycles. The molecule has 2 aromatic heterocycles. The van der Waals surface area contributed by atoms with E-state index in [1.165, 1.54) is 0 Å². The van der Waals surface area contributed by atoms with E-state index in [9.17, 15) is 9.59 Å². The highest BCUT2D eigenvalue weighted by Gasteiger charge is 2.20. The topological polar surface area (TPSA) is 110 Å². The van der Waals surface area contributed by atoms with E-state index in [1.54, 1.807) is 37.3 Å². The van der Waals surface area contributed by atoms with Crippen LogP contribution in [0, 0.1) is 6.92 Å². The molecule has 0 saturated carbocycles. The standard InChI is InChI=1S/C26H25N5O4/c1-17-24-21(15-22(29-26(24)35-30-17)18-5-3-2-4-6-18)25(33)28-20-9-7-19(8-10-20)27-23(32)16-31-11-13-34-14-12-31/h2-10,15H,11-14,16H2,1H3,(H,27,32)(H,28,33). The lowest BCUT2D eigenvalue weighted by atomic mass is 10.0. The molecule has 5 rings (SSSR count). The van der Waals surface area contributed by atoms with E-state index in [0.717, 1.165) is 18.7 Å². The predicted molar refractivity (Wildman–Crippen MR) is 132 cm³/mol. The highest BCUT2D eigenvalue weighted by atomic mass is 16.5. The number of aryl methyl sites for hydroxylation is 1. The summed E-state index contributed by atoms with van der Waals surface area (Å²) in [7, 11) is 0. The first-order chi connectivity index (χ1) is 17.1. The van der Waals surface area contributed by atoms with Gasteiger partial charge < -0.3 is 19.9 Å². The molecule has 0 radical (unpaired) electrons. The maximum absolute atomic E-state index is 13.3. The van der Waals surface area contributed by atoms with Crippen molar-refractivity contribution in [2.75, 3.05) is 43.5 Å². The van der Waals surface area contributed by atoms with E-state index >= 15 is 0 Å². The number of ether oxygens (including phenoxy) is 1. The number of amides is 2. The van der Waals surface area contributed by atoms with Crippen molar-refractivity contribution < 1.29 is 18.8 Å². The molecule has 0 bridgehead atoms. The number of carbonyl (C=O) groups is 2. The molecule has 178 valence electrons. The molecule has 0 spiro atoms. The molecule has 1 fully saturated rings. The van der Waals surface area contributed by atoms with Gasteiger partial charge >= 0.3 is 0 Å². The van der Waals surface area contributed by atoms with Crippen molar-refractivity contribution in [1.82, 2.24) is 15.0 Å². The lowest BCUT2D eigenvalue weighted by Gasteiger charge is -2.25. The number of benzene rings is 2. The Kier molecular flexibility index (Phi) is 6.51. The second kappa shape index (κ2) is 10.0. The van der Waals surface area contributed by atoms with E-state index in [2.05, 4.69) is 25.7 Å². The van der Waals surface area contributed by atoms with Gasteiger partial charge in [-0.25, -0.2) is 4.98 Å². The van der Waals surface area contributed by atoms with Gasteiger partial charge in [-0.2, -0.15) is 0 Å². The van der Waals surface area contributed by atoms with Crippen LogP contribution in [0.4, 0.5) is 11.4 Å². The van der Waals surface area contributed by atoms with Crippen LogP contribution in [-0.2, 0) is 9.53 Å². The van der Waals surface area contributed by atoms with Gasteiger partial charge in [-0.3, -0.25) is 14.5 Å². The first-order valence-electron chi connectivity index (χ1n) is 11.4. The number of hydrogen-bond donors (Lipinski definition) is 2. The number of nitrogens with one attached hydrogen (secondary N) is 2. The number of fused-ring (bicyclic) bond motifs is 1. The minimum Gasteiger partial charge on any atom is -0.379 e. The lowest BCUT2D eigenvalue weighted by molar-refractivity contribution is -0.118. The van der Waals surface area contributed by atoms with Crippen molar-refractivity contribution in [1.29, 1.82) is 0 Å². The lowest BCUT2D eigenvalue weighted by Crippen LogP contribution is -2.41. The molecule has 4 aromatic rings. The van der Waals surface area contributed by atoms with E-state index in [-0.39, 0.29) is 11.8 Å². The first kappa shape index (κ1) is 22.7. The molecule has 35 heavy (non-hydrogen) atoms. The van der Waals surface area contributed by atoms with Crippen LogP contribution in [0.15, 0.2) is 65.2 Å². The van der Waals surface area contributed by atoms with Crippen LogP contribution in [-0.4, -0.2) is 59.7 Å². The Morgan fingerprint density at radius 3 is 2.37 bits per heavy atom. The summed E-state index contributed by atoms with van der Waals surface area (Å²) in [6.07, 6.45) is 0. The first-order valence-corrected chi connectivity index (χ1v) is 11.4. The van der Waals surface area contributed by atoms with E-state index < -0.39 is 0 Å². The highest BCUT2D eigenvalue weighted by molar-refractivity contribution is 6.13. The molecule has 2 N–H and O–H groups in total. The molecule has 2 amide bonds. The van der Waals surface area contributed by atoms with Crippen LogP contribution < -0.4 is 10.6 Å². The summed E-state index contributed by atoms with van der Waals surface area (Å²) in [6.45, 7) is 4.89. The molecule has 9 heteroatoms. The molecule has 0 atom stereocenters. The fourth-order valence-electron chi connectivity index (χ4n) is 4.03. The predicted octanol–water partition coefficient (Wildman–Crippen LogP) is 3.72. The van der Waals surface area contributed by atoms with Crippen molar-refractivity contribution >= 4 is 34.3 Å². The number of morpholine rings is 1. The summed E-state index contributed by atoms with van der Waals surface area (Å²) in [4.78, 5) is 32.2. The van der Waals surface area contributed by atoms with E-state index in [0.29, 0.717) is 59.2 Å². The molecule has 0 aliphatic carbocycles. The van der Waals surface area contributed by atoms with Crippen LogP contribution in [0.5, 0.6) is 0 Å². The molecular weight excluding hydrogens is 446 g/mol. The van der Waals surface area contributed by atoms with Crippen molar-refractivity contribution in [2.45, 2.75) is 6.92 Å². The minimum absolute atomic E-state index is 0.0840. The van der Waals surface area contributed by atoms with Gasteiger partial charge in [0, 0.05) is 30.0 Å². The van der Waals surface area contributed by atoms with E-state index in [4.69, 9.17) is 9.26 Å². The Hall–Kier alpha value is -4.08. The van der Waals surface area contributed by atoms with Crippen molar-refractivity contribution in [3.05, 3.63) is 71.9 Å². The number of rotatable bonds is 6. The van der Waals surface area contributed by atoms with Gasteiger partial charge in [-0.1, -0.05) is 35.5 Å². The summed E-state index contributed by atoms with van der Waals surface area (Å²) in [5.74, 6) is -0.385. The number of anilines is 2. The Bertz CT molecular complexity index is 1350. The Labute approximate surface area is 202 Å². The quantitative estimate of drug-likeness (QED) is 0.441. The zero-order valence-electron chi connectivity index (χ0n) is 19.3. The summed E-state index contributed by atoms with van der Waals surface area (Å²) >= 11 is 0. The van der Waals surface area contributed by atoms with Crippen molar-refractivity contribution in [3.63, 3.8) is 0 Å². The van der Waals surface area contributed by atoms with Crippen molar-refractivity contribution in [2.24, 2.45) is 0 Å². The molecule has 3 heterocycles. The van der Waals surface area contributed by atoms with Gasteiger partial charge in [0.1, 0.15) is 0 Å². The van der Waals surface area contributed by atoms with Crippen LogP contribution >= 0.6 is 0 Å². The zero-order valence-corrected chi connectivity index (χ0v) is 19.3. The molecule has 1 aliphatic rings. The van der Waals surface area contributed by atoms with Gasteiger partial charge in [-0.05, 0) is 37.3 Å². The molecular formula is C26H25N5O4. The number of carbonyl (C=O) groups excluding carboxylic acids is 2. The largest absolute Gasteiger partial charge is 0.379 e. The smallest absolute Gasteiger partial charge is 0.259 e. The monoisotopic (exact) mass is 471 g/mol. The molecule has 0 unspecified atom stereocenters. The maximum atomic E-state index is 13.3. The number of aromatic nitrogens is 2. The third-order valence-electron chi connectivity index (χ3n) is 5.83. The SMILES string of the molecule is Cc1noc2nc(-c3ccccc3)cc(C(=O)Nc3ccc(NC(=O)CN4CCOCC4)cc3)c12. The van der Waals surface area contributed by atoms with E-state index in [1.807, 2.05) is 30.3 Å². The fourth-order valence-corrected chi connectivity index (χ4v) is 4.03. The summed E-state index contributed by atoms with van der Waals surface area (Å²) < 4.78 is 10.7. The summed E-state index contributed by atoms with van der Waals surface area (Å²) in [5, 5.41) is 10.4. The van der Waals surface area contributed by atoms with Crippen molar-refractivity contribution in [3.8, 4) is 11.3 Å². The summed E-state index contributed by atoms with van der Waals surface area (Å²) in [5.41, 5.74) is 4.08. The fraction of sp³-hybridized carbons (Fsp3) is 0.231. The second-order valence-corrected chi connectivity index (χ2v) is 8.34.